The highest BCUT2D eigenvalue weighted by atomic mass is 79.9. The van der Waals surface area contributed by atoms with Crippen LogP contribution in [-0.2, 0) is 0 Å². The highest BCUT2D eigenvalue weighted by Crippen LogP contribution is 2.39. The van der Waals surface area contributed by atoms with Crippen molar-refractivity contribution in [3.63, 3.8) is 0 Å². The smallest absolute Gasteiger partial charge is 0.152 e. The minimum atomic E-state index is -0.906. The summed E-state index contributed by atoms with van der Waals surface area (Å²) in [5.41, 5.74) is 0.969. The summed E-state index contributed by atoms with van der Waals surface area (Å²) in [7, 11) is 0. The third kappa shape index (κ3) is 3.07. The number of rotatable bonds is 3. The average molecular weight is 356 g/mol. The molecule has 0 unspecified atom stereocenters. The van der Waals surface area contributed by atoms with Crippen LogP contribution in [0.1, 0.15) is 24.3 Å². The Morgan fingerprint density at radius 1 is 1.00 bits per heavy atom. The fourth-order valence-electron chi connectivity index (χ4n) is 2.65. The second kappa shape index (κ2) is 5.72. The molecule has 3 rings (SSSR count). The first kappa shape index (κ1) is 14.4. The summed E-state index contributed by atoms with van der Waals surface area (Å²) in [6, 6.07) is 9.42. The minimum absolute atomic E-state index is 0.00319. The Bertz CT molecular complexity index is 645. The van der Waals surface area contributed by atoms with E-state index in [-0.39, 0.29) is 11.7 Å². The van der Waals surface area contributed by atoms with Crippen LogP contribution in [0.15, 0.2) is 40.9 Å². The summed E-state index contributed by atoms with van der Waals surface area (Å²) in [5, 5.41) is 2.83. The summed E-state index contributed by atoms with van der Waals surface area (Å²) in [6.07, 6.45) is 1.60. The standard InChI is InChI=1S/C16H13BrF3N/c17-11-3-1-2-9(4-11)10-5-13(6-10)21-16-14(19)7-12(18)8-15(16)20/h1-4,7-8,10,13,21H,5-6H2. The van der Waals surface area contributed by atoms with Crippen LogP contribution in [-0.4, -0.2) is 6.04 Å². The van der Waals surface area contributed by atoms with Crippen molar-refractivity contribution in [3.8, 4) is 0 Å². The van der Waals surface area contributed by atoms with Crippen LogP contribution in [0.25, 0.3) is 0 Å². The lowest BCUT2D eigenvalue weighted by atomic mass is 9.76. The van der Waals surface area contributed by atoms with E-state index >= 15 is 0 Å². The van der Waals surface area contributed by atoms with Gasteiger partial charge in [-0.25, -0.2) is 13.2 Å². The monoisotopic (exact) mass is 355 g/mol. The summed E-state index contributed by atoms with van der Waals surface area (Å²) in [4.78, 5) is 0. The Hall–Kier alpha value is -1.49. The molecule has 0 bridgehead atoms. The van der Waals surface area contributed by atoms with E-state index in [1.165, 1.54) is 5.56 Å². The van der Waals surface area contributed by atoms with Crippen LogP contribution in [0.4, 0.5) is 18.9 Å². The normalized spacial score (nSPS) is 21.0. The molecule has 110 valence electrons. The van der Waals surface area contributed by atoms with Crippen molar-refractivity contribution in [1.29, 1.82) is 0 Å². The molecule has 0 saturated heterocycles. The molecule has 1 aliphatic carbocycles. The van der Waals surface area contributed by atoms with Gasteiger partial charge in [-0.1, -0.05) is 28.1 Å². The molecule has 0 aromatic heterocycles. The van der Waals surface area contributed by atoms with Gasteiger partial charge < -0.3 is 5.32 Å². The van der Waals surface area contributed by atoms with Gasteiger partial charge in [0.15, 0.2) is 11.6 Å². The largest absolute Gasteiger partial charge is 0.378 e. The van der Waals surface area contributed by atoms with Crippen LogP contribution in [0, 0.1) is 17.5 Å². The van der Waals surface area contributed by atoms with Gasteiger partial charge in [-0.2, -0.15) is 0 Å². The van der Waals surface area contributed by atoms with Crippen molar-refractivity contribution >= 4 is 21.6 Å². The van der Waals surface area contributed by atoms with Crippen LogP contribution < -0.4 is 5.32 Å². The van der Waals surface area contributed by atoms with E-state index in [0.717, 1.165) is 17.3 Å². The summed E-state index contributed by atoms with van der Waals surface area (Å²) < 4.78 is 41.0. The molecule has 0 aliphatic heterocycles. The molecule has 2 aromatic carbocycles. The second-order valence-corrected chi connectivity index (χ2v) is 6.22. The summed E-state index contributed by atoms with van der Waals surface area (Å²) in [6.45, 7) is 0. The minimum Gasteiger partial charge on any atom is -0.378 e. The number of benzene rings is 2. The molecule has 0 spiro atoms. The van der Waals surface area contributed by atoms with Crippen molar-refractivity contribution in [3.05, 3.63) is 63.9 Å². The first-order chi connectivity index (χ1) is 10.0. The van der Waals surface area contributed by atoms with Gasteiger partial charge in [-0.15, -0.1) is 0 Å². The van der Waals surface area contributed by atoms with E-state index in [1.54, 1.807) is 0 Å². The molecular formula is C16H13BrF3N. The summed E-state index contributed by atoms with van der Waals surface area (Å²) in [5.74, 6) is -2.31. The Morgan fingerprint density at radius 3 is 2.29 bits per heavy atom. The lowest BCUT2D eigenvalue weighted by molar-refractivity contribution is 0.371. The van der Waals surface area contributed by atoms with Gasteiger partial charge in [-0.05, 0) is 36.5 Å². The van der Waals surface area contributed by atoms with E-state index < -0.39 is 17.5 Å². The molecule has 0 atom stereocenters. The quantitative estimate of drug-likeness (QED) is 0.795. The van der Waals surface area contributed by atoms with E-state index in [4.69, 9.17) is 0 Å². The maximum absolute atomic E-state index is 13.6. The fourth-order valence-corrected chi connectivity index (χ4v) is 3.07. The van der Waals surface area contributed by atoms with Gasteiger partial charge >= 0.3 is 0 Å². The fraction of sp³-hybridized carbons (Fsp3) is 0.250. The number of halogens is 4. The lowest BCUT2D eigenvalue weighted by Crippen LogP contribution is -2.34. The molecule has 1 fully saturated rings. The molecule has 2 aromatic rings. The highest BCUT2D eigenvalue weighted by molar-refractivity contribution is 9.10. The van der Waals surface area contributed by atoms with Crippen LogP contribution in [0.2, 0.25) is 0 Å². The topological polar surface area (TPSA) is 12.0 Å². The maximum atomic E-state index is 13.6. The molecule has 5 heteroatoms. The van der Waals surface area contributed by atoms with Crippen LogP contribution in [0.3, 0.4) is 0 Å². The zero-order valence-corrected chi connectivity index (χ0v) is 12.6. The second-order valence-electron chi connectivity index (χ2n) is 5.31. The molecule has 1 nitrogen and oxygen atoms in total. The molecule has 21 heavy (non-hydrogen) atoms. The third-order valence-corrected chi connectivity index (χ3v) is 4.31. The average Bonchev–Trinajstić information content (AvgIpc) is 2.35. The maximum Gasteiger partial charge on any atom is 0.152 e. The van der Waals surface area contributed by atoms with Crippen LogP contribution in [0.5, 0.6) is 0 Å². The van der Waals surface area contributed by atoms with Crippen LogP contribution >= 0.6 is 15.9 Å². The van der Waals surface area contributed by atoms with Gasteiger partial charge in [0.2, 0.25) is 0 Å². The predicted octanol–water partition coefficient (Wildman–Crippen LogP) is 5.22. The number of hydrogen-bond acceptors (Lipinski definition) is 1. The molecule has 0 heterocycles. The number of anilines is 1. The lowest BCUT2D eigenvalue weighted by Gasteiger charge is -2.37. The molecule has 1 saturated carbocycles. The van der Waals surface area contributed by atoms with Crippen molar-refractivity contribution in [2.24, 2.45) is 0 Å². The SMILES string of the molecule is Fc1cc(F)c(NC2CC(c3cccc(Br)c3)C2)c(F)c1. The molecule has 0 amide bonds. The van der Waals surface area contributed by atoms with E-state index in [2.05, 4.69) is 27.3 Å². The van der Waals surface area contributed by atoms with Gasteiger partial charge in [0.1, 0.15) is 11.5 Å². The Kier molecular flexibility index (Phi) is 3.93. The van der Waals surface area contributed by atoms with E-state index in [0.29, 0.717) is 18.1 Å². The molecular weight excluding hydrogens is 343 g/mol. The Balaban J connectivity index is 1.65. The van der Waals surface area contributed by atoms with Crippen molar-refractivity contribution in [2.45, 2.75) is 24.8 Å². The summed E-state index contributed by atoms with van der Waals surface area (Å²) >= 11 is 3.43. The molecule has 0 radical (unpaired) electrons. The highest BCUT2D eigenvalue weighted by Gasteiger charge is 2.31. The van der Waals surface area contributed by atoms with Gasteiger partial charge in [-0.3, -0.25) is 0 Å². The van der Waals surface area contributed by atoms with Gasteiger partial charge in [0.25, 0.3) is 0 Å². The molecule has 1 N–H and O–H groups in total. The zero-order valence-electron chi connectivity index (χ0n) is 11.0. The Labute approximate surface area is 129 Å². The number of hydrogen-bond donors (Lipinski definition) is 1. The first-order valence-electron chi connectivity index (χ1n) is 6.69. The first-order valence-corrected chi connectivity index (χ1v) is 7.49. The molecule has 1 aliphatic rings. The van der Waals surface area contributed by atoms with Gasteiger partial charge in [0.05, 0.1) is 0 Å². The number of nitrogens with one attached hydrogen (secondary N) is 1. The van der Waals surface area contributed by atoms with E-state index in [1.807, 2.05) is 18.2 Å². The van der Waals surface area contributed by atoms with E-state index in [9.17, 15) is 13.2 Å². The van der Waals surface area contributed by atoms with Crippen molar-refractivity contribution in [1.82, 2.24) is 0 Å². The van der Waals surface area contributed by atoms with Crippen molar-refractivity contribution in [2.75, 3.05) is 5.32 Å². The van der Waals surface area contributed by atoms with Crippen molar-refractivity contribution < 1.29 is 13.2 Å². The third-order valence-electron chi connectivity index (χ3n) is 3.81. The zero-order chi connectivity index (χ0) is 15.0. The van der Waals surface area contributed by atoms with Gasteiger partial charge in [0, 0.05) is 22.6 Å². The Morgan fingerprint density at radius 2 is 1.67 bits per heavy atom. The predicted molar refractivity (Wildman–Crippen MR) is 79.8 cm³/mol.